The summed E-state index contributed by atoms with van der Waals surface area (Å²) in [6, 6.07) is 5.66. The summed E-state index contributed by atoms with van der Waals surface area (Å²) in [5, 5.41) is 8.61. The molecule has 0 heterocycles. The van der Waals surface area contributed by atoms with Gasteiger partial charge in [-0.25, -0.2) is 0 Å². The molecular weight excluding hydrogens is 232 g/mol. The van der Waals surface area contributed by atoms with Crippen molar-refractivity contribution in [3.05, 3.63) is 18.2 Å². The quantitative estimate of drug-likeness (QED) is 0.537. The number of aliphatic hydroxyl groups excluding tert-OH is 1. The Morgan fingerprint density at radius 2 is 2.06 bits per heavy atom. The van der Waals surface area contributed by atoms with E-state index in [1.54, 1.807) is 0 Å². The van der Waals surface area contributed by atoms with Crippen molar-refractivity contribution < 1.29 is 14.6 Å². The molecule has 0 radical (unpaired) electrons. The number of ether oxygens (including phenoxy) is 2. The molecule has 102 valence electrons. The van der Waals surface area contributed by atoms with Crippen LogP contribution in [0.25, 0.3) is 0 Å². The highest BCUT2D eigenvalue weighted by atomic mass is 16.5. The molecule has 0 amide bonds. The third kappa shape index (κ3) is 4.81. The number of nitrogens with two attached hydrogens (primary N) is 1. The smallest absolute Gasteiger partial charge is 0.123 e. The summed E-state index contributed by atoms with van der Waals surface area (Å²) >= 11 is 0. The summed E-state index contributed by atoms with van der Waals surface area (Å²) in [6.45, 7) is 4.28. The van der Waals surface area contributed by atoms with Gasteiger partial charge in [0.2, 0.25) is 0 Å². The minimum atomic E-state index is 0.0521. The van der Waals surface area contributed by atoms with Crippen LogP contribution in [-0.2, 0) is 4.74 Å². The van der Waals surface area contributed by atoms with Crippen LogP contribution in [0.4, 0.5) is 11.4 Å². The molecule has 5 nitrogen and oxygen atoms in total. The molecule has 0 aliphatic heterocycles. The summed E-state index contributed by atoms with van der Waals surface area (Å²) in [6.07, 6.45) is 0. The maximum absolute atomic E-state index is 8.61. The minimum absolute atomic E-state index is 0.0521. The number of aliphatic hydroxyl groups is 1. The van der Waals surface area contributed by atoms with Gasteiger partial charge in [0, 0.05) is 37.1 Å². The van der Waals surface area contributed by atoms with E-state index >= 15 is 0 Å². The topological polar surface area (TPSA) is 68.0 Å². The molecule has 0 fully saturated rings. The molecule has 0 aromatic heterocycles. The first-order chi connectivity index (χ1) is 8.67. The predicted octanol–water partition coefficient (Wildman–Crippen LogP) is 1.11. The van der Waals surface area contributed by atoms with Gasteiger partial charge in [-0.05, 0) is 13.0 Å². The Hall–Kier alpha value is -1.46. The Morgan fingerprint density at radius 1 is 1.28 bits per heavy atom. The Morgan fingerprint density at radius 3 is 2.72 bits per heavy atom. The molecule has 0 aliphatic rings. The number of benzene rings is 1. The Kier molecular flexibility index (Phi) is 6.32. The van der Waals surface area contributed by atoms with E-state index in [1.165, 1.54) is 0 Å². The van der Waals surface area contributed by atoms with E-state index in [4.69, 9.17) is 20.3 Å². The summed E-state index contributed by atoms with van der Waals surface area (Å²) in [7, 11) is 1.97. The van der Waals surface area contributed by atoms with Crippen LogP contribution < -0.4 is 15.4 Å². The van der Waals surface area contributed by atoms with Crippen molar-refractivity contribution in [2.24, 2.45) is 0 Å². The van der Waals surface area contributed by atoms with Crippen LogP contribution in [0.15, 0.2) is 18.2 Å². The molecule has 18 heavy (non-hydrogen) atoms. The van der Waals surface area contributed by atoms with Gasteiger partial charge in [0.05, 0.1) is 26.4 Å². The molecule has 1 rings (SSSR count). The van der Waals surface area contributed by atoms with Gasteiger partial charge in [-0.1, -0.05) is 0 Å². The number of nitrogen functional groups attached to an aromatic ring is 1. The maximum Gasteiger partial charge on any atom is 0.123 e. The van der Waals surface area contributed by atoms with Gasteiger partial charge in [-0.3, -0.25) is 0 Å². The van der Waals surface area contributed by atoms with Crippen LogP contribution in [0, 0.1) is 0 Å². The second-order valence-corrected chi connectivity index (χ2v) is 3.95. The van der Waals surface area contributed by atoms with Gasteiger partial charge in [0.15, 0.2) is 0 Å². The fourth-order valence-corrected chi connectivity index (χ4v) is 1.57. The van der Waals surface area contributed by atoms with Crippen LogP contribution in [0.3, 0.4) is 0 Å². The van der Waals surface area contributed by atoms with Gasteiger partial charge in [0.1, 0.15) is 5.75 Å². The number of hydrogen-bond acceptors (Lipinski definition) is 5. The minimum Gasteiger partial charge on any atom is -0.494 e. The molecule has 0 unspecified atom stereocenters. The van der Waals surface area contributed by atoms with Crippen LogP contribution in [-0.4, -0.2) is 45.1 Å². The third-order valence-corrected chi connectivity index (χ3v) is 2.47. The summed E-state index contributed by atoms with van der Waals surface area (Å²) in [5.74, 6) is 0.774. The molecule has 0 bridgehead atoms. The molecule has 0 aliphatic carbocycles. The van der Waals surface area contributed by atoms with Gasteiger partial charge < -0.3 is 25.2 Å². The van der Waals surface area contributed by atoms with Gasteiger partial charge >= 0.3 is 0 Å². The van der Waals surface area contributed by atoms with E-state index in [0.717, 1.165) is 18.0 Å². The van der Waals surface area contributed by atoms with Crippen LogP contribution in [0.5, 0.6) is 5.75 Å². The molecule has 0 saturated heterocycles. The lowest BCUT2D eigenvalue weighted by atomic mass is 10.2. The first-order valence-electron chi connectivity index (χ1n) is 6.10. The van der Waals surface area contributed by atoms with E-state index < -0.39 is 0 Å². The molecule has 3 N–H and O–H groups in total. The lowest BCUT2D eigenvalue weighted by Gasteiger charge is -2.20. The molecule has 5 heteroatoms. The number of likely N-dealkylation sites (N-methyl/N-ethyl adjacent to an activating group) is 1. The van der Waals surface area contributed by atoms with Crippen LogP contribution in [0.2, 0.25) is 0 Å². The highest BCUT2D eigenvalue weighted by Gasteiger charge is 2.04. The normalized spacial score (nSPS) is 10.4. The molecule has 1 aromatic rings. The summed E-state index contributed by atoms with van der Waals surface area (Å²) in [5.41, 5.74) is 7.50. The van der Waals surface area contributed by atoms with Crippen LogP contribution in [0.1, 0.15) is 6.92 Å². The van der Waals surface area contributed by atoms with E-state index in [2.05, 4.69) is 0 Å². The second kappa shape index (κ2) is 7.79. The van der Waals surface area contributed by atoms with Crippen molar-refractivity contribution in [3.63, 3.8) is 0 Å². The van der Waals surface area contributed by atoms with E-state index in [1.807, 2.05) is 37.1 Å². The van der Waals surface area contributed by atoms with Crippen LogP contribution >= 0.6 is 0 Å². The number of anilines is 2. The fourth-order valence-electron chi connectivity index (χ4n) is 1.57. The van der Waals surface area contributed by atoms with Gasteiger partial charge in [-0.15, -0.1) is 0 Å². The molecule has 0 spiro atoms. The molecule has 1 aromatic carbocycles. The first-order valence-corrected chi connectivity index (χ1v) is 6.10. The second-order valence-electron chi connectivity index (χ2n) is 3.95. The zero-order chi connectivity index (χ0) is 13.4. The molecule has 0 saturated carbocycles. The highest BCUT2D eigenvalue weighted by Crippen LogP contribution is 2.24. The summed E-state index contributed by atoms with van der Waals surface area (Å²) in [4.78, 5) is 2.04. The maximum atomic E-state index is 8.61. The zero-order valence-electron chi connectivity index (χ0n) is 11.1. The Labute approximate surface area is 108 Å². The average Bonchev–Trinajstić information content (AvgIpc) is 2.34. The Bertz CT molecular complexity index is 358. The van der Waals surface area contributed by atoms with Crippen molar-refractivity contribution in [2.45, 2.75) is 6.92 Å². The standard InChI is InChI=1S/C13H22N2O3/c1-3-18-13-9-11(14)8-12(10-13)15(2)4-6-17-7-5-16/h8-10,16H,3-7,14H2,1-2H3. The SMILES string of the molecule is CCOc1cc(N)cc(N(C)CCOCCO)c1. The van der Waals surface area contributed by atoms with E-state index in [-0.39, 0.29) is 6.61 Å². The van der Waals surface area contributed by atoms with Crippen molar-refractivity contribution in [3.8, 4) is 5.75 Å². The first kappa shape index (κ1) is 14.6. The molecule has 0 atom stereocenters. The lowest BCUT2D eigenvalue weighted by molar-refractivity contribution is 0.0971. The lowest BCUT2D eigenvalue weighted by Crippen LogP contribution is -2.23. The van der Waals surface area contributed by atoms with E-state index in [9.17, 15) is 0 Å². The number of hydrogen-bond donors (Lipinski definition) is 2. The predicted molar refractivity (Wildman–Crippen MR) is 73.2 cm³/mol. The number of nitrogens with zero attached hydrogens (tertiary/aromatic N) is 1. The van der Waals surface area contributed by atoms with Crippen molar-refractivity contribution in [2.75, 3.05) is 50.7 Å². The average molecular weight is 254 g/mol. The number of rotatable bonds is 8. The van der Waals surface area contributed by atoms with Gasteiger partial charge in [0.25, 0.3) is 0 Å². The Balaban J connectivity index is 2.58. The highest BCUT2D eigenvalue weighted by molar-refractivity contribution is 5.60. The summed E-state index contributed by atoms with van der Waals surface area (Å²) < 4.78 is 10.7. The molecular formula is C13H22N2O3. The van der Waals surface area contributed by atoms with Crippen molar-refractivity contribution >= 4 is 11.4 Å². The monoisotopic (exact) mass is 254 g/mol. The third-order valence-electron chi connectivity index (χ3n) is 2.47. The van der Waals surface area contributed by atoms with Gasteiger partial charge in [-0.2, -0.15) is 0 Å². The fraction of sp³-hybridized carbons (Fsp3) is 0.538. The van der Waals surface area contributed by atoms with Crippen molar-refractivity contribution in [1.82, 2.24) is 0 Å². The largest absolute Gasteiger partial charge is 0.494 e. The van der Waals surface area contributed by atoms with Crippen molar-refractivity contribution in [1.29, 1.82) is 0 Å². The van der Waals surface area contributed by atoms with E-state index in [0.29, 0.717) is 25.5 Å². The zero-order valence-corrected chi connectivity index (χ0v) is 11.1.